The van der Waals surface area contributed by atoms with Crippen LogP contribution in [0, 0.1) is 0 Å². The van der Waals surface area contributed by atoms with Crippen molar-refractivity contribution in [1.29, 1.82) is 0 Å². The third kappa shape index (κ3) is 3.35. The minimum atomic E-state index is 0.153. The SMILES string of the molecule is CCNC(Cc1c(Cl)cccc1Cl)c1ccnn1CC. The molecule has 1 unspecified atom stereocenters. The molecule has 20 heavy (non-hydrogen) atoms. The van der Waals surface area contributed by atoms with E-state index in [1.165, 1.54) is 0 Å². The number of nitrogens with zero attached hydrogens (tertiary/aromatic N) is 2. The highest BCUT2D eigenvalue weighted by molar-refractivity contribution is 6.36. The predicted molar refractivity (Wildman–Crippen MR) is 84.5 cm³/mol. The zero-order valence-electron chi connectivity index (χ0n) is 11.7. The number of halogens is 2. The van der Waals surface area contributed by atoms with Crippen LogP contribution < -0.4 is 5.32 Å². The summed E-state index contributed by atoms with van der Waals surface area (Å²) in [5.41, 5.74) is 2.14. The lowest BCUT2D eigenvalue weighted by molar-refractivity contribution is 0.490. The van der Waals surface area contributed by atoms with Gasteiger partial charge in [0.25, 0.3) is 0 Å². The smallest absolute Gasteiger partial charge is 0.0556 e. The molecule has 1 heterocycles. The Morgan fingerprint density at radius 3 is 2.50 bits per heavy atom. The molecule has 1 atom stereocenters. The third-order valence-electron chi connectivity index (χ3n) is 3.33. The second-order valence-corrected chi connectivity index (χ2v) is 5.40. The normalized spacial score (nSPS) is 12.6. The van der Waals surface area contributed by atoms with Crippen molar-refractivity contribution >= 4 is 23.2 Å². The first-order chi connectivity index (χ1) is 9.67. The van der Waals surface area contributed by atoms with Crippen LogP contribution in [0.1, 0.15) is 31.1 Å². The molecule has 1 N–H and O–H groups in total. The Morgan fingerprint density at radius 1 is 1.20 bits per heavy atom. The Bertz CT molecular complexity index is 546. The Hall–Kier alpha value is -1.03. The number of benzene rings is 1. The van der Waals surface area contributed by atoms with E-state index in [4.69, 9.17) is 23.2 Å². The number of aromatic nitrogens is 2. The Kier molecular flexibility index (Phi) is 5.46. The molecule has 0 radical (unpaired) electrons. The first-order valence-electron chi connectivity index (χ1n) is 6.85. The van der Waals surface area contributed by atoms with Crippen LogP contribution in [-0.2, 0) is 13.0 Å². The largest absolute Gasteiger partial charge is 0.309 e. The highest BCUT2D eigenvalue weighted by Gasteiger charge is 2.18. The number of likely N-dealkylation sites (N-methyl/N-ethyl adjacent to an activating group) is 1. The summed E-state index contributed by atoms with van der Waals surface area (Å²) >= 11 is 12.5. The van der Waals surface area contributed by atoms with E-state index in [0.717, 1.165) is 30.8 Å². The maximum atomic E-state index is 6.27. The van der Waals surface area contributed by atoms with Crippen LogP contribution in [0.2, 0.25) is 10.0 Å². The van der Waals surface area contributed by atoms with Gasteiger partial charge in [0, 0.05) is 22.8 Å². The van der Waals surface area contributed by atoms with Crippen LogP contribution in [0.4, 0.5) is 0 Å². The van der Waals surface area contributed by atoms with Gasteiger partial charge in [-0.1, -0.05) is 36.2 Å². The fourth-order valence-electron chi connectivity index (χ4n) is 2.36. The summed E-state index contributed by atoms with van der Waals surface area (Å²) in [4.78, 5) is 0. The highest BCUT2D eigenvalue weighted by Crippen LogP contribution is 2.29. The van der Waals surface area contributed by atoms with E-state index < -0.39 is 0 Å². The maximum absolute atomic E-state index is 6.27. The van der Waals surface area contributed by atoms with Gasteiger partial charge in [-0.05, 0) is 43.7 Å². The zero-order chi connectivity index (χ0) is 14.5. The summed E-state index contributed by atoms with van der Waals surface area (Å²) < 4.78 is 2.00. The van der Waals surface area contributed by atoms with Gasteiger partial charge in [0.1, 0.15) is 0 Å². The number of hydrogen-bond acceptors (Lipinski definition) is 2. The van der Waals surface area contributed by atoms with Gasteiger partial charge in [-0.3, -0.25) is 4.68 Å². The second kappa shape index (κ2) is 7.11. The summed E-state index contributed by atoms with van der Waals surface area (Å²) in [7, 11) is 0. The molecule has 0 saturated heterocycles. The minimum absolute atomic E-state index is 0.153. The standard InChI is InChI=1S/C15H19Cl2N3/c1-3-18-14(15-8-9-19-20(15)4-2)10-11-12(16)6-5-7-13(11)17/h5-9,14,18H,3-4,10H2,1-2H3. The molecule has 1 aromatic heterocycles. The van der Waals surface area contributed by atoms with Crippen molar-refractivity contribution in [3.63, 3.8) is 0 Å². The van der Waals surface area contributed by atoms with Gasteiger partial charge >= 0.3 is 0 Å². The summed E-state index contributed by atoms with van der Waals surface area (Å²) in [6, 6.07) is 7.82. The number of aryl methyl sites for hydroxylation is 1. The zero-order valence-corrected chi connectivity index (χ0v) is 13.2. The summed E-state index contributed by atoms with van der Waals surface area (Å²) in [5, 5.41) is 9.24. The van der Waals surface area contributed by atoms with Crippen LogP contribution >= 0.6 is 23.2 Å². The Labute approximate surface area is 129 Å². The lowest BCUT2D eigenvalue weighted by Gasteiger charge is -2.20. The molecule has 0 amide bonds. The van der Waals surface area contributed by atoms with E-state index >= 15 is 0 Å². The van der Waals surface area contributed by atoms with Crippen molar-refractivity contribution in [3.8, 4) is 0 Å². The Morgan fingerprint density at radius 2 is 1.90 bits per heavy atom. The van der Waals surface area contributed by atoms with E-state index in [0.29, 0.717) is 10.0 Å². The van der Waals surface area contributed by atoms with Crippen LogP contribution in [0.3, 0.4) is 0 Å². The lowest BCUT2D eigenvalue weighted by Crippen LogP contribution is -2.26. The summed E-state index contributed by atoms with van der Waals surface area (Å²) in [6.45, 7) is 5.90. The van der Waals surface area contributed by atoms with Crippen molar-refractivity contribution in [3.05, 3.63) is 51.8 Å². The third-order valence-corrected chi connectivity index (χ3v) is 4.03. The van der Waals surface area contributed by atoms with Crippen LogP contribution in [0.5, 0.6) is 0 Å². The molecule has 0 aliphatic carbocycles. The predicted octanol–water partition coefficient (Wildman–Crippen LogP) is 4.10. The van der Waals surface area contributed by atoms with Crippen LogP contribution in [-0.4, -0.2) is 16.3 Å². The van der Waals surface area contributed by atoms with Gasteiger partial charge in [-0.15, -0.1) is 0 Å². The topological polar surface area (TPSA) is 29.9 Å². The van der Waals surface area contributed by atoms with E-state index in [1.54, 1.807) is 0 Å². The van der Waals surface area contributed by atoms with E-state index in [-0.39, 0.29) is 6.04 Å². The number of hydrogen-bond donors (Lipinski definition) is 1. The molecule has 108 valence electrons. The van der Waals surface area contributed by atoms with Crippen molar-refractivity contribution in [2.24, 2.45) is 0 Å². The van der Waals surface area contributed by atoms with Gasteiger partial charge in [0.05, 0.1) is 11.7 Å². The molecule has 2 aromatic rings. The highest BCUT2D eigenvalue weighted by atomic mass is 35.5. The molecule has 0 aliphatic rings. The minimum Gasteiger partial charge on any atom is -0.309 e. The lowest BCUT2D eigenvalue weighted by atomic mass is 10.0. The van der Waals surface area contributed by atoms with E-state index in [2.05, 4.69) is 24.3 Å². The molecule has 5 heteroatoms. The molecule has 0 spiro atoms. The molecule has 0 saturated carbocycles. The average Bonchev–Trinajstić information content (AvgIpc) is 2.90. The van der Waals surface area contributed by atoms with Gasteiger partial charge in [0.15, 0.2) is 0 Å². The summed E-state index contributed by atoms with van der Waals surface area (Å²) in [6.07, 6.45) is 2.58. The first-order valence-corrected chi connectivity index (χ1v) is 7.60. The molecule has 2 rings (SSSR count). The van der Waals surface area contributed by atoms with Crippen LogP contribution in [0.25, 0.3) is 0 Å². The van der Waals surface area contributed by atoms with Crippen molar-refractivity contribution in [2.45, 2.75) is 32.9 Å². The molecular formula is C15H19Cl2N3. The molecule has 3 nitrogen and oxygen atoms in total. The number of rotatable bonds is 6. The molecule has 0 bridgehead atoms. The van der Waals surface area contributed by atoms with Gasteiger partial charge in [-0.25, -0.2) is 0 Å². The quantitative estimate of drug-likeness (QED) is 0.870. The second-order valence-electron chi connectivity index (χ2n) is 4.59. The van der Waals surface area contributed by atoms with Gasteiger partial charge < -0.3 is 5.32 Å². The van der Waals surface area contributed by atoms with Gasteiger partial charge in [0.2, 0.25) is 0 Å². The van der Waals surface area contributed by atoms with E-state index in [1.807, 2.05) is 35.1 Å². The molecule has 0 aliphatic heterocycles. The van der Waals surface area contributed by atoms with Gasteiger partial charge in [-0.2, -0.15) is 5.10 Å². The first kappa shape index (κ1) is 15.4. The fraction of sp³-hybridized carbons (Fsp3) is 0.400. The van der Waals surface area contributed by atoms with Crippen molar-refractivity contribution in [2.75, 3.05) is 6.54 Å². The average molecular weight is 312 g/mol. The van der Waals surface area contributed by atoms with Crippen molar-refractivity contribution in [1.82, 2.24) is 15.1 Å². The fourth-order valence-corrected chi connectivity index (χ4v) is 2.91. The molecule has 1 aromatic carbocycles. The number of nitrogens with one attached hydrogen (secondary N) is 1. The molecular weight excluding hydrogens is 293 g/mol. The monoisotopic (exact) mass is 311 g/mol. The summed E-state index contributed by atoms with van der Waals surface area (Å²) in [5.74, 6) is 0. The molecule has 0 fully saturated rings. The van der Waals surface area contributed by atoms with Crippen LogP contribution in [0.15, 0.2) is 30.5 Å². The van der Waals surface area contributed by atoms with Crippen molar-refractivity contribution < 1.29 is 0 Å². The van der Waals surface area contributed by atoms with E-state index in [9.17, 15) is 0 Å². The Balaban J connectivity index is 2.30. The maximum Gasteiger partial charge on any atom is 0.0556 e.